The second-order valence-corrected chi connectivity index (χ2v) is 9.03. The number of likely N-dealkylation sites (tertiary alicyclic amines) is 1. The van der Waals surface area contributed by atoms with Crippen LogP contribution in [-0.2, 0) is 14.3 Å². The van der Waals surface area contributed by atoms with E-state index < -0.39 is 30.1 Å². The molecule has 0 radical (unpaired) electrons. The summed E-state index contributed by atoms with van der Waals surface area (Å²) >= 11 is 0. The molecule has 1 unspecified atom stereocenters. The maximum Gasteiger partial charge on any atom is 0.407 e. The fraction of sp³-hybridized carbons (Fsp3) is 0.423. The number of ether oxygens (including phenoxy) is 1. The molecule has 2 aromatic carbocycles. The molecular weight excluding hydrogens is 436 g/mol. The van der Waals surface area contributed by atoms with Crippen LogP contribution in [-0.4, -0.2) is 64.4 Å². The van der Waals surface area contributed by atoms with Crippen molar-refractivity contribution in [1.29, 1.82) is 0 Å². The van der Waals surface area contributed by atoms with Crippen LogP contribution in [0.2, 0.25) is 0 Å². The smallest absolute Gasteiger partial charge is 0.407 e. The quantitative estimate of drug-likeness (QED) is 0.577. The summed E-state index contributed by atoms with van der Waals surface area (Å²) < 4.78 is 5.54. The minimum absolute atomic E-state index is 0.0579. The molecule has 1 heterocycles. The monoisotopic (exact) mass is 466 g/mol. The predicted octanol–water partition coefficient (Wildman–Crippen LogP) is 3.13. The maximum absolute atomic E-state index is 13.1. The van der Waals surface area contributed by atoms with E-state index in [1.54, 1.807) is 0 Å². The van der Waals surface area contributed by atoms with Gasteiger partial charge in [0.25, 0.3) is 0 Å². The Bertz CT molecular complexity index is 1030. The number of aliphatic hydroxyl groups is 1. The number of carboxylic acid groups (broad SMARTS) is 1. The number of benzene rings is 2. The van der Waals surface area contributed by atoms with E-state index in [1.807, 2.05) is 55.5 Å². The number of aliphatic hydroxyl groups excluding tert-OH is 1. The Morgan fingerprint density at radius 2 is 1.68 bits per heavy atom. The third kappa shape index (κ3) is 5.07. The van der Waals surface area contributed by atoms with Crippen molar-refractivity contribution in [2.24, 2.45) is 0 Å². The largest absolute Gasteiger partial charge is 0.481 e. The average molecular weight is 467 g/mol. The van der Waals surface area contributed by atoms with Crippen LogP contribution in [0.5, 0.6) is 0 Å². The molecule has 0 bridgehead atoms. The summed E-state index contributed by atoms with van der Waals surface area (Å²) in [4.78, 5) is 38.5. The Morgan fingerprint density at radius 1 is 1.06 bits per heavy atom. The Hall–Kier alpha value is -3.39. The van der Waals surface area contributed by atoms with Gasteiger partial charge in [-0.2, -0.15) is 0 Å². The van der Waals surface area contributed by atoms with Crippen LogP contribution in [0.4, 0.5) is 4.79 Å². The molecule has 8 nitrogen and oxygen atoms in total. The number of hydrogen-bond acceptors (Lipinski definition) is 5. The lowest BCUT2D eigenvalue weighted by molar-refractivity contribution is -0.140. The van der Waals surface area contributed by atoms with E-state index in [9.17, 15) is 19.5 Å². The lowest BCUT2D eigenvalue weighted by Crippen LogP contribution is -2.55. The molecule has 8 heteroatoms. The van der Waals surface area contributed by atoms with Crippen LogP contribution in [0.15, 0.2) is 48.5 Å². The van der Waals surface area contributed by atoms with Crippen molar-refractivity contribution >= 4 is 18.0 Å². The topological polar surface area (TPSA) is 116 Å². The van der Waals surface area contributed by atoms with E-state index in [1.165, 1.54) is 4.90 Å². The molecule has 0 saturated carbocycles. The van der Waals surface area contributed by atoms with Gasteiger partial charge in [-0.3, -0.25) is 9.59 Å². The fourth-order valence-electron chi connectivity index (χ4n) is 4.90. The standard InChI is InChI=1S/C26H30N2O6/c1-16-10-11-17(29)14-28(16)25(32)23(12-13-24(30)31)27-26(33)34-15-22-20-8-4-2-6-18(20)19-7-3-5-9-21(19)22/h2-9,16-17,22-23,29H,10-15H2,1H3,(H,27,33)(H,30,31)/t16-,17-,23?/m0/s1. The van der Waals surface area contributed by atoms with E-state index >= 15 is 0 Å². The van der Waals surface area contributed by atoms with Crippen molar-refractivity contribution in [3.05, 3.63) is 59.7 Å². The number of piperidine rings is 1. The second-order valence-electron chi connectivity index (χ2n) is 9.03. The summed E-state index contributed by atoms with van der Waals surface area (Å²) in [5.41, 5.74) is 4.37. The predicted molar refractivity (Wildman–Crippen MR) is 125 cm³/mol. The van der Waals surface area contributed by atoms with Gasteiger partial charge in [0.2, 0.25) is 5.91 Å². The minimum atomic E-state index is -1.06. The fourth-order valence-corrected chi connectivity index (χ4v) is 4.90. The van der Waals surface area contributed by atoms with Crippen LogP contribution in [0.25, 0.3) is 11.1 Å². The zero-order valence-electron chi connectivity index (χ0n) is 19.1. The van der Waals surface area contributed by atoms with Crippen molar-refractivity contribution < 1.29 is 29.3 Å². The third-order valence-electron chi connectivity index (χ3n) is 6.72. The van der Waals surface area contributed by atoms with Gasteiger partial charge in [0.1, 0.15) is 12.6 Å². The summed E-state index contributed by atoms with van der Waals surface area (Å²) in [6.07, 6.45) is -0.484. The number of carbonyl (C=O) groups excluding carboxylic acids is 2. The highest BCUT2D eigenvalue weighted by molar-refractivity contribution is 5.86. The van der Waals surface area contributed by atoms with Crippen molar-refractivity contribution in [2.75, 3.05) is 13.2 Å². The molecule has 180 valence electrons. The number of aliphatic carboxylic acids is 1. The molecule has 2 amide bonds. The Morgan fingerprint density at radius 3 is 2.29 bits per heavy atom. The summed E-state index contributed by atoms with van der Waals surface area (Å²) in [7, 11) is 0. The number of nitrogens with one attached hydrogen (secondary N) is 1. The molecule has 0 aromatic heterocycles. The lowest BCUT2D eigenvalue weighted by Gasteiger charge is -2.38. The van der Waals surface area contributed by atoms with Gasteiger partial charge >= 0.3 is 12.1 Å². The normalized spacial score (nSPS) is 20.2. The maximum atomic E-state index is 13.1. The number of fused-ring (bicyclic) bond motifs is 3. The first-order valence-electron chi connectivity index (χ1n) is 11.7. The lowest BCUT2D eigenvalue weighted by atomic mass is 9.98. The zero-order valence-corrected chi connectivity index (χ0v) is 19.1. The van der Waals surface area contributed by atoms with E-state index in [4.69, 9.17) is 9.84 Å². The van der Waals surface area contributed by atoms with Gasteiger partial charge in [0, 0.05) is 24.9 Å². The summed E-state index contributed by atoms with van der Waals surface area (Å²) in [5, 5.41) is 21.7. The zero-order chi connectivity index (χ0) is 24.2. The first-order valence-corrected chi connectivity index (χ1v) is 11.7. The van der Waals surface area contributed by atoms with Crippen LogP contribution in [0, 0.1) is 0 Å². The average Bonchev–Trinajstić information content (AvgIpc) is 3.15. The number of hydrogen-bond donors (Lipinski definition) is 3. The van der Waals surface area contributed by atoms with Crippen LogP contribution in [0.1, 0.15) is 49.7 Å². The van der Waals surface area contributed by atoms with Gasteiger partial charge < -0.3 is 25.2 Å². The molecule has 34 heavy (non-hydrogen) atoms. The van der Waals surface area contributed by atoms with Gasteiger partial charge in [0.15, 0.2) is 0 Å². The Labute approximate surface area is 198 Å². The SMILES string of the molecule is C[C@H]1CC[C@H](O)CN1C(=O)C(CCC(=O)O)NC(=O)OCC1c2ccccc2-c2ccccc21. The first-order chi connectivity index (χ1) is 16.3. The summed E-state index contributed by atoms with van der Waals surface area (Å²) in [6, 6.07) is 14.8. The molecule has 3 N–H and O–H groups in total. The first kappa shape index (κ1) is 23.8. The van der Waals surface area contributed by atoms with Gasteiger partial charge in [-0.15, -0.1) is 0 Å². The summed E-state index contributed by atoms with van der Waals surface area (Å²) in [5.74, 6) is -1.58. The van der Waals surface area contributed by atoms with Crippen molar-refractivity contribution in [3.8, 4) is 11.1 Å². The molecular formula is C26H30N2O6. The highest BCUT2D eigenvalue weighted by Gasteiger charge is 2.34. The minimum Gasteiger partial charge on any atom is -0.481 e. The molecule has 2 aliphatic rings. The van der Waals surface area contributed by atoms with Crippen molar-refractivity contribution in [1.82, 2.24) is 10.2 Å². The number of rotatable bonds is 7. The highest BCUT2D eigenvalue weighted by Crippen LogP contribution is 2.44. The van der Waals surface area contributed by atoms with Gasteiger partial charge in [0.05, 0.1) is 6.10 Å². The number of carboxylic acids is 1. The van der Waals surface area contributed by atoms with Crippen LogP contribution >= 0.6 is 0 Å². The molecule has 1 aliphatic heterocycles. The van der Waals surface area contributed by atoms with Crippen molar-refractivity contribution in [2.45, 2.75) is 56.7 Å². The molecule has 1 fully saturated rings. The molecule has 0 spiro atoms. The molecule has 4 rings (SSSR count). The number of alkyl carbamates (subject to hydrolysis) is 1. The van der Waals surface area contributed by atoms with E-state index in [-0.39, 0.29) is 38.0 Å². The number of β-amino-alcohol motifs (C(OH)–C–C–N with tert-alkyl or cyclic N) is 1. The number of amides is 2. The van der Waals surface area contributed by atoms with Crippen LogP contribution in [0.3, 0.4) is 0 Å². The number of nitrogens with zero attached hydrogens (tertiary/aromatic N) is 1. The molecule has 3 atom stereocenters. The second kappa shape index (κ2) is 10.3. The van der Waals surface area contributed by atoms with E-state index in [2.05, 4.69) is 5.32 Å². The van der Waals surface area contributed by atoms with Gasteiger partial charge in [-0.1, -0.05) is 48.5 Å². The summed E-state index contributed by atoms with van der Waals surface area (Å²) in [6.45, 7) is 2.14. The van der Waals surface area contributed by atoms with Gasteiger partial charge in [-0.25, -0.2) is 4.79 Å². The molecule has 2 aromatic rings. The van der Waals surface area contributed by atoms with Crippen molar-refractivity contribution in [3.63, 3.8) is 0 Å². The van der Waals surface area contributed by atoms with Crippen LogP contribution < -0.4 is 5.32 Å². The Kier molecular flexibility index (Phi) is 7.17. The molecule has 1 aliphatic carbocycles. The van der Waals surface area contributed by atoms with E-state index in [0.29, 0.717) is 12.8 Å². The van der Waals surface area contributed by atoms with E-state index in [0.717, 1.165) is 22.3 Å². The molecule has 1 saturated heterocycles. The van der Waals surface area contributed by atoms with Gasteiger partial charge in [-0.05, 0) is 48.4 Å². The highest BCUT2D eigenvalue weighted by atomic mass is 16.5. The Balaban J connectivity index is 1.44. The third-order valence-corrected chi connectivity index (χ3v) is 6.72. The number of carbonyl (C=O) groups is 3.